The molecule has 0 fully saturated rings. The number of unbranched alkanes of at least 4 members (excludes halogenated alkanes) is 15. The number of hydrogen-bond donors (Lipinski definition) is 0. The molecule has 0 nitrogen and oxygen atoms in total. The summed E-state index contributed by atoms with van der Waals surface area (Å²) in [6.45, 7) is 7.28. The maximum Gasteiger partial charge on any atom is 0.111 e. The van der Waals surface area contributed by atoms with E-state index in [1.165, 1.54) is 122 Å². The monoisotopic (exact) mass is 466 g/mol. The first-order valence-corrected chi connectivity index (χ1v) is 17.4. The van der Waals surface area contributed by atoms with Gasteiger partial charge in [-0.05, 0) is 18.9 Å². The molecule has 0 saturated heterocycles. The summed E-state index contributed by atoms with van der Waals surface area (Å²) in [6.07, 6.45) is 30.4. The Hall–Kier alpha value is -1.08. The summed E-state index contributed by atoms with van der Waals surface area (Å²) >= 11 is 0. The Kier molecular flexibility index (Phi) is 14.8. The Morgan fingerprint density at radius 3 is 1.61 bits per heavy atom. The minimum absolute atomic E-state index is 1.19. The normalized spacial score (nSPS) is 15.4. The third kappa shape index (κ3) is 10.4. The molecule has 0 radical (unpaired) electrons. The molecule has 0 aromatic heterocycles. The number of hydrogen-bond acceptors (Lipinski definition) is 0. The molecule has 1 aromatic rings. The fraction of sp³-hybridized carbons (Fsp3) is 0.688. The molecule has 33 heavy (non-hydrogen) atoms. The van der Waals surface area contributed by atoms with E-state index in [0.717, 1.165) is 0 Å². The number of allylic oxidation sites excluding steroid dienone is 4. The van der Waals surface area contributed by atoms with Crippen molar-refractivity contribution in [3.8, 4) is 0 Å². The SMILES string of the molecule is CCCCCCCCCCCCCCCCCC[Si](C)(C1=C(CC)C=CC1)c1ccccc1. The molecule has 1 unspecified atom stereocenters. The van der Waals surface area contributed by atoms with E-state index in [9.17, 15) is 0 Å². The molecule has 0 saturated carbocycles. The minimum atomic E-state index is -1.57. The van der Waals surface area contributed by atoms with Gasteiger partial charge in [0.2, 0.25) is 0 Å². The maximum atomic E-state index is 2.64. The van der Waals surface area contributed by atoms with Crippen LogP contribution in [-0.2, 0) is 0 Å². The van der Waals surface area contributed by atoms with E-state index in [1.807, 2.05) is 5.20 Å². The van der Waals surface area contributed by atoms with Gasteiger partial charge in [-0.2, -0.15) is 0 Å². The predicted octanol–water partition coefficient (Wildman–Crippen LogP) is 10.4. The molecule has 1 aliphatic rings. The second kappa shape index (κ2) is 17.4. The predicted molar refractivity (Wildman–Crippen MR) is 153 cm³/mol. The Labute approximate surface area is 208 Å². The molecule has 0 heterocycles. The minimum Gasteiger partial charge on any atom is -0.0806 e. The molecule has 0 bridgehead atoms. The van der Waals surface area contributed by atoms with Crippen molar-refractivity contribution < 1.29 is 0 Å². The summed E-state index contributed by atoms with van der Waals surface area (Å²) in [6, 6.07) is 12.9. The van der Waals surface area contributed by atoms with Gasteiger partial charge in [-0.15, -0.1) is 0 Å². The Bertz CT molecular complexity index is 671. The average Bonchev–Trinajstić information content (AvgIpc) is 3.34. The molecule has 2 rings (SSSR count). The third-order valence-electron chi connectivity index (χ3n) is 8.02. The molecule has 186 valence electrons. The van der Waals surface area contributed by atoms with Crippen molar-refractivity contribution in [2.45, 2.75) is 142 Å². The van der Waals surface area contributed by atoms with E-state index >= 15 is 0 Å². The zero-order chi connectivity index (χ0) is 23.6. The summed E-state index contributed by atoms with van der Waals surface area (Å²) in [5.41, 5.74) is 1.64. The largest absolute Gasteiger partial charge is 0.111 e. The zero-order valence-corrected chi connectivity index (χ0v) is 23.5. The topological polar surface area (TPSA) is 0 Å². The quantitative estimate of drug-likeness (QED) is 0.132. The lowest BCUT2D eigenvalue weighted by molar-refractivity contribution is 0.531. The van der Waals surface area contributed by atoms with Crippen LogP contribution in [-0.4, -0.2) is 8.07 Å². The smallest absolute Gasteiger partial charge is 0.0806 e. The van der Waals surface area contributed by atoms with Crippen LogP contribution < -0.4 is 5.19 Å². The maximum absolute atomic E-state index is 2.64. The third-order valence-corrected chi connectivity index (χ3v) is 12.8. The molecule has 1 heteroatoms. The van der Waals surface area contributed by atoms with Gasteiger partial charge in [0.25, 0.3) is 0 Å². The summed E-state index contributed by atoms with van der Waals surface area (Å²) in [4.78, 5) is 0. The lowest BCUT2D eigenvalue weighted by Crippen LogP contribution is -2.47. The lowest BCUT2D eigenvalue weighted by atomic mass is 10.0. The Morgan fingerprint density at radius 1 is 0.636 bits per heavy atom. The zero-order valence-electron chi connectivity index (χ0n) is 22.5. The van der Waals surface area contributed by atoms with Gasteiger partial charge < -0.3 is 0 Å². The van der Waals surface area contributed by atoms with Crippen LogP contribution >= 0.6 is 0 Å². The van der Waals surface area contributed by atoms with Crippen LogP contribution in [0, 0.1) is 0 Å². The van der Waals surface area contributed by atoms with Crippen LogP contribution in [0.4, 0.5) is 0 Å². The van der Waals surface area contributed by atoms with E-state index in [4.69, 9.17) is 0 Å². The van der Waals surface area contributed by atoms with Crippen LogP contribution in [0.5, 0.6) is 0 Å². The summed E-state index contributed by atoms with van der Waals surface area (Å²) in [5.74, 6) is 0. The first-order chi connectivity index (χ1) is 16.2. The lowest BCUT2D eigenvalue weighted by Gasteiger charge is -2.31. The molecule has 0 aliphatic heterocycles. The highest BCUT2D eigenvalue weighted by Gasteiger charge is 2.35. The molecule has 0 N–H and O–H groups in total. The van der Waals surface area contributed by atoms with Crippen molar-refractivity contribution in [2.24, 2.45) is 0 Å². The summed E-state index contributed by atoms with van der Waals surface area (Å²) in [7, 11) is -1.57. The summed E-state index contributed by atoms with van der Waals surface area (Å²) < 4.78 is 0. The Balaban J connectivity index is 1.56. The highest BCUT2D eigenvalue weighted by Crippen LogP contribution is 2.33. The van der Waals surface area contributed by atoms with Gasteiger partial charge in [0.15, 0.2) is 0 Å². The number of benzene rings is 1. The van der Waals surface area contributed by atoms with Crippen molar-refractivity contribution in [1.82, 2.24) is 0 Å². The van der Waals surface area contributed by atoms with Crippen molar-refractivity contribution >= 4 is 13.3 Å². The van der Waals surface area contributed by atoms with Gasteiger partial charge in [0.1, 0.15) is 8.07 Å². The first-order valence-electron chi connectivity index (χ1n) is 14.7. The second-order valence-corrected chi connectivity index (χ2v) is 15.1. The molecule has 1 aliphatic carbocycles. The van der Waals surface area contributed by atoms with Crippen molar-refractivity contribution in [3.63, 3.8) is 0 Å². The molecule has 1 atom stereocenters. The van der Waals surface area contributed by atoms with Gasteiger partial charge in [0, 0.05) is 0 Å². The highest BCUT2D eigenvalue weighted by atomic mass is 28.3. The van der Waals surface area contributed by atoms with Gasteiger partial charge >= 0.3 is 0 Å². The van der Waals surface area contributed by atoms with Gasteiger partial charge in [-0.1, -0.05) is 182 Å². The van der Waals surface area contributed by atoms with Crippen LogP contribution in [0.25, 0.3) is 0 Å². The van der Waals surface area contributed by atoms with E-state index in [1.54, 1.807) is 10.8 Å². The fourth-order valence-corrected chi connectivity index (χ4v) is 10.1. The Morgan fingerprint density at radius 2 is 1.12 bits per heavy atom. The van der Waals surface area contributed by atoms with Crippen molar-refractivity contribution in [3.05, 3.63) is 53.3 Å². The van der Waals surface area contributed by atoms with Crippen LogP contribution in [0.1, 0.15) is 129 Å². The van der Waals surface area contributed by atoms with Gasteiger partial charge in [0.05, 0.1) is 0 Å². The molecule has 0 spiro atoms. The van der Waals surface area contributed by atoms with Crippen LogP contribution in [0.15, 0.2) is 53.3 Å². The van der Waals surface area contributed by atoms with E-state index in [2.05, 4.69) is 62.9 Å². The highest BCUT2D eigenvalue weighted by molar-refractivity contribution is 6.96. The standard InChI is InChI=1S/C32H54Si/c1-4-6-7-8-9-10-11-12-13-14-15-16-17-18-19-23-29-33(3,31-26-21-20-22-27-31)32-28-24-25-30(32)5-2/h20-22,24-27H,4-19,23,28-29H2,1-3H3. The van der Waals surface area contributed by atoms with E-state index < -0.39 is 8.07 Å². The molecular weight excluding hydrogens is 412 g/mol. The van der Waals surface area contributed by atoms with Crippen molar-refractivity contribution in [1.29, 1.82) is 0 Å². The summed E-state index contributed by atoms with van der Waals surface area (Å²) in [5, 5.41) is 3.47. The van der Waals surface area contributed by atoms with Crippen LogP contribution in [0.3, 0.4) is 0 Å². The fourth-order valence-electron chi connectivity index (χ4n) is 5.76. The molecule has 0 amide bonds. The first kappa shape index (κ1) is 28.2. The van der Waals surface area contributed by atoms with Gasteiger partial charge in [-0.3, -0.25) is 0 Å². The van der Waals surface area contributed by atoms with Crippen LogP contribution in [0.2, 0.25) is 12.6 Å². The van der Waals surface area contributed by atoms with E-state index in [0.29, 0.717) is 0 Å². The molecule has 1 aromatic carbocycles. The second-order valence-electron chi connectivity index (χ2n) is 10.7. The average molecular weight is 467 g/mol. The van der Waals surface area contributed by atoms with E-state index in [-0.39, 0.29) is 0 Å². The van der Waals surface area contributed by atoms with Crippen molar-refractivity contribution in [2.75, 3.05) is 0 Å². The molecular formula is C32H54Si. The number of rotatable bonds is 20. The van der Waals surface area contributed by atoms with Gasteiger partial charge in [-0.25, -0.2) is 0 Å².